The van der Waals surface area contributed by atoms with Crippen molar-refractivity contribution in [1.29, 1.82) is 0 Å². The molecule has 15 heavy (non-hydrogen) atoms. The smallest absolute Gasteiger partial charge is 0.302 e. The van der Waals surface area contributed by atoms with Crippen molar-refractivity contribution < 1.29 is 14.6 Å². The van der Waals surface area contributed by atoms with Crippen LogP contribution in [-0.4, -0.2) is 24.3 Å². The Bertz CT molecular complexity index is 252. The molecule has 1 N–H and O–H groups in total. The molecule has 0 atom stereocenters. The first-order valence-corrected chi connectivity index (χ1v) is 5.11. The number of esters is 1. The molecule has 0 spiro atoms. The van der Waals surface area contributed by atoms with E-state index in [2.05, 4.69) is 6.08 Å². The highest BCUT2D eigenvalue weighted by Gasteiger charge is 1.94. The third-order valence-corrected chi connectivity index (χ3v) is 1.97. The molecule has 0 fully saturated rings. The van der Waals surface area contributed by atoms with E-state index in [1.807, 2.05) is 13.8 Å². The topological polar surface area (TPSA) is 46.5 Å². The molecule has 0 saturated carbocycles. The van der Waals surface area contributed by atoms with Crippen molar-refractivity contribution in [2.75, 3.05) is 13.2 Å². The van der Waals surface area contributed by atoms with E-state index in [1.54, 1.807) is 6.08 Å². The van der Waals surface area contributed by atoms with E-state index < -0.39 is 0 Å². The molecular formula is C12H20O3. The van der Waals surface area contributed by atoms with Crippen LogP contribution < -0.4 is 0 Å². The zero-order valence-corrected chi connectivity index (χ0v) is 9.75. The number of hydrogen-bond acceptors (Lipinski definition) is 3. The number of carbonyl (C=O) groups excluding carboxylic acids is 1. The maximum atomic E-state index is 10.5. The fourth-order valence-corrected chi connectivity index (χ4v) is 1.08. The molecule has 86 valence electrons. The fourth-order valence-electron chi connectivity index (χ4n) is 1.08. The van der Waals surface area contributed by atoms with Gasteiger partial charge in [0.1, 0.15) is 6.61 Å². The summed E-state index contributed by atoms with van der Waals surface area (Å²) in [6, 6.07) is 0. The van der Waals surface area contributed by atoms with Crippen molar-refractivity contribution in [2.24, 2.45) is 0 Å². The molecular weight excluding hydrogens is 192 g/mol. The van der Waals surface area contributed by atoms with Gasteiger partial charge in [0.15, 0.2) is 0 Å². The van der Waals surface area contributed by atoms with Crippen molar-refractivity contribution in [3.63, 3.8) is 0 Å². The Balaban J connectivity index is 3.76. The minimum atomic E-state index is -0.251. The van der Waals surface area contributed by atoms with Gasteiger partial charge in [-0.05, 0) is 32.3 Å². The monoisotopic (exact) mass is 212 g/mol. The lowest BCUT2D eigenvalue weighted by atomic mass is 10.1. The number of ether oxygens (including phenoxy) is 1. The normalized spacial score (nSPS) is 12.8. The molecule has 0 bridgehead atoms. The average Bonchev–Trinajstić information content (AvgIpc) is 2.15. The maximum absolute atomic E-state index is 10.5. The quantitative estimate of drug-likeness (QED) is 0.542. The van der Waals surface area contributed by atoms with Gasteiger partial charge in [-0.25, -0.2) is 0 Å². The van der Waals surface area contributed by atoms with E-state index in [0.717, 1.165) is 18.4 Å². The van der Waals surface area contributed by atoms with Crippen LogP contribution in [0, 0.1) is 0 Å². The van der Waals surface area contributed by atoms with Crippen LogP contribution in [0.5, 0.6) is 0 Å². The maximum Gasteiger partial charge on any atom is 0.302 e. The molecule has 0 amide bonds. The highest BCUT2D eigenvalue weighted by Crippen LogP contribution is 2.06. The summed E-state index contributed by atoms with van der Waals surface area (Å²) in [5.41, 5.74) is 2.23. The van der Waals surface area contributed by atoms with Crippen LogP contribution in [0.2, 0.25) is 0 Å². The lowest BCUT2D eigenvalue weighted by molar-refractivity contribution is -0.139. The van der Waals surface area contributed by atoms with Gasteiger partial charge in [0.25, 0.3) is 0 Å². The van der Waals surface area contributed by atoms with Crippen LogP contribution in [0.3, 0.4) is 0 Å². The largest absolute Gasteiger partial charge is 0.461 e. The number of rotatable bonds is 6. The second kappa shape index (κ2) is 8.24. The Labute approximate surface area is 91.4 Å². The van der Waals surface area contributed by atoms with E-state index in [-0.39, 0.29) is 12.6 Å². The first-order chi connectivity index (χ1) is 7.06. The van der Waals surface area contributed by atoms with Gasteiger partial charge < -0.3 is 9.84 Å². The zero-order valence-electron chi connectivity index (χ0n) is 9.75. The van der Waals surface area contributed by atoms with Crippen molar-refractivity contribution in [3.8, 4) is 0 Å². The third kappa shape index (κ3) is 9.22. The van der Waals surface area contributed by atoms with Crippen LogP contribution >= 0.6 is 0 Å². The van der Waals surface area contributed by atoms with Crippen molar-refractivity contribution in [1.82, 2.24) is 0 Å². The Hall–Kier alpha value is -1.09. The van der Waals surface area contributed by atoms with Gasteiger partial charge in [-0.15, -0.1) is 0 Å². The molecule has 0 rings (SSSR count). The second-order valence-corrected chi connectivity index (χ2v) is 3.60. The molecule has 0 aromatic carbocycles. The standard InChI is InChI=1S/C12H20O3/c1-10(7-8-13)5-4-6-11(2)9-15-12(3)14/h6-7,13H,4-5,8-9H2,1-3H3/b10-7+,11-6-. The van der Waals surface area contributed by atoms with Crippen LogP contribution in [0.25, 0.3) is 0 Å². The van der Waals surface area contributed by atoms with Gasteiger partial charge in [-0.3, -0.25) is 4.79 Å². The highest BCUT2D eigenvalue weighted by molar-refractivity contribution is 5.66. The molecule has 0 saturated heterocycles. The zero-order chi connectivity index (χ0) is 11.7. The number of aliphatic hydroxyl groups is 1. The summed E-state index contributed by atoms with van der Waals surface area (Å²) < 4.78 is 4.85. The van der Waals surface area contributed by atoms with Gasteiger partial charge in [0.05, 0.1) is 6.61 Å². The van der Waals surface area contributed by atoms with Gasteiger partial charge in [0, 0.05) is 6.92 Å². The number of allylic oxidation sites excluding steroid dienone is 2. The summed E-state index contributed by atoms with van der Waals surface area (Å²) in [5, 5.41) is 8.64. The van der Waals surface area contributed by atoms with E-state index in [0.29, 0.717) is 6.61 Å². The van der Waals surface area contributed by atoms with Crippen molar-refractivity contribution in [3.05, 3.63) is 23.3 Å². The molecule has 0 aliphatic heterocycles. The van der Waals surface area contributed by atoms with Gasteiger partial charge in [-0.1, -0.05) is 17.7 Å². The minimum Gasteiger partial charge on any atom is -0.461 e. The SMILES string of the molecule is CC(=O)OC/C(C)=C\CC/C(C)=C/CO. The molecule has 0 radical (unpaired) electrons. The van der Waals surface area contributed by atoms with Crippen molar-refractivity contribution in [2.45, 2.75) is 33.6 Å². The molecule has 0 aromatic rings. The molecule has 0 aromatic heterocycles. The lowest BCUT2D eigenvalue weighted by Crippen LogP contribution is -2.01. The van der Waals surface area contributed by atoms with Gasteiger partial charge >= 0.3 is 5.97 Å². The van der Waals surface area contributed by atoms with Gasteiger partial charge in [-0.2, -0.15) is 0 Å². The molecule has 0 aliphatic carbocycles. The van der Waals surface area contributed by atoms with E-state index >= 15 is 0 Å². The van der Waals surface area contributed by atoms with E-state index in [4.69, 9.17) is 9.84 Å². The molecule has 0 aliphatic rings. The first kappa shape index (κ1) is 13.9. The van der Waals surface area contributed by atoms with Crippen LogP contribution in [-0.2, 0) is 9.53 Å². The predicted molar refractivity (Wildman–Crippen MR) is 60.5 cm³/mol. The number of carbonyl (C=O) groups is 1. The summed E-state index contributed by atoms with van der Waals surface area (Å²) in [5.74, 6) is -0.251. The summed E-state index contributed by atoms with van der Waals surface area (Å²) >= 11 is 0. The van der Waals surface area contributed by atoms with Crippen molar-refractivity contribution >= 4 is 5.97 Å². The summed E-state index contributed by atoms with van der Waals surface area (Å²) in [4.78, 5) is 10.5. The molecule has 0 unspecified atom stereocenters. The molecule has 3 heteroatoms. The second-order valence-electron chi connectivity index (χ2n) is 3.60. The summed E-state index contributed by atoms with van der Waals surface area (Å²) in [6.07, 6.45) is 5.69. The Morgan fingerprint density at radius 2 is 1.87 bits per heavy atom. The van der Waals surface area contributed by atoms with Crippen LogP contribution in [0.1, 0.15) is 33.6 Å². The number of aliphatic hydroxyl groups excluding tert-OH is 1. The van der Waals surface area contributed by atoms with E-state index in [1.165, 1.54) is 12.5 Å². The predicted octanol–water partition coefficient (Wildman–Crippen LogP) is 2.21. The molecule has 0 heterocycles. The Kier molecular flexibility index (Phi) is 7.64. The molecule has 3 nitrogen and oxygen atoms in total. The average molecular weight is 212 g/mol. The third-order valence-electron chi connectivity index (χ3n) is 1.97. The Morgan fingerprint density at radius 1 is 1.20 bits per heavy atom. The fraction of sp³-hybridized carbons (Fsp3) is 0.583. The van der Waals surface area contributed by atoms with Crippen LogP contribution in [0.15, 0.2) is 23.3 Å². The highest BCUT2D eigenvalue weighted by atomic mass is 16.5. The van der Waals surface area contributed by atoms with E-state index in [9.17, 15) is 4.79 Å². The lowest BCUT2D eigenvalue weighted by Gasteiger charge is -2.02. The van der Waals surface area contributed by atoms with Crippen LogP contribution in [0.4, 0.5) is 0 Å². The minimum absolute atomic E-state index is 0.0992. The first-order valence-electron chi connectivity index (χ1n) is 5.11. The Morgan fingerprint density at radius 3 is 2.40 bits per heavy atom. The summed E-state index contributed by atoms with van der Waals surface area (Å²) in [7, 11) is 0. The number of hydrogen-bond donors (Lipinski definition) is 1. The summed E-state index contributed by atoms with van der Waals surface area (Å²) in [6.45, 7) is 5.81. The van der Waals surface area contributed by atoms with Gasteiger partial charge in [0.2, 0.25) is 0 Å².